The highest BCUT2D eigenvalue weighted by Gasteiger charge is 2.28. The number of aromatic nitrogens is 3. The maximum Gasteiger partial charge on any atom is 0.288 e. The number of carbonyl (C=O) groups excluding carboxylic acids is 1. The van der Waals surface area contributed by atoms with Crippen LogP contribution < -0.4 is 5.73 Å². The van der Waals surface area contributed by atoms with Crippen LogP contribution in [-0.4, -0.2) is 38.3 Å². The van der Waals surface area contributed by atoms with Gasteiger partial charge in [0.2, 0.25) is 5.82 Å². The highest BCUT2D eigenvalue weighted by Crippen LogP contribution is 2.29. The van der Waals surface area contributed by atoms with Crippen LogP contribution in [0, 0.1) is 0 Å². The average Bonchev–Trinajstić information content (AvgIpc) is 2.95. The molecule has 0 saturated carbocycles. The standard InChI is InChI=1S/C8H13N4O4PS/c9-7(13)8-10-4-12(11-8)6-2-1-5(16-6)3-15-17(14)18/h4-6,17H,1-3H2,(H2,9,13)(H,14,18)/t5-,6+/m0/s1. The number of hydrogen-bond acceptors (Lipinski definition) is 6. The molecular weight excluding hydrogens is 279 g/mol. The van der Waals surface area contributed by atoms with Crippen molar-refractivity contribution >= 4 is 24.9 Å². The minimum atomic E-state index is -2.10. The van der Waals surface area contributed by atoms with E-state index in [2.05, 4.69) is 21.9 Å². The number of rotatable bonds is 5. The molecule has 1 amide bonds. The SMILES string of the molecule is NC(=O)c1ncn([C@H]2CC[C@@H](CO[PH](O)=S)O2)n1. The smallest absolute Gasteiger partial charge is 0.288 e. The van der Waals surface area contributed by atoms with Crippen LogP contribution in [0.1, 0.15) is 29.7 Å². The molecule has 0 aliphatic carbocycles. The van der Waals surface area contributed by atoms with Crippen LogP contribution in [0.5, 0.6) is 0 Å². The molecule has 1 fully saturated rings. The predicted octanol–water partition coefficient (Wildman–Crippen LogP) is -0.430. The summed E-state index contributed by atoms with van der Waals surface area (Å²) in [5, 5.41) is 3.92. The normalized spacial score (nSPS) is 25.2. The third-order valence-electron chi connectivity index (χ3n) is 2.50. The summed E-state index contributed by atoms with van der Waals surface area (Å²) in [6, 6.07) is 0. The lowest BCUT2D eigenvalue weighted by molar-refractivity contribution is -0.0230. The molecule has 100 valence electrons. The number of primary amides is 1. The van der Waals surface area contributed by atoms with Gasteiger partial charge in [-0.3, -0.25) is 4.79 Å². The zero-order valence-electron chi connectivity index (χ0n) is 9.35. The van der Waals surface area contributed by atoms with Gasteiger partial charge < -0.3 is 19.9 Å². The molecule has 3 atom stereocenters. The highest BCUT2D eigenvalue weighted by molar-refractivity contribution is 8.00. The number of amides is 1. The second-order valence-electron chi connectivity index (χ2n) is 3.78. The molecule has 1 aromatic heterocycles. The van der Waals surface area contributed by atoms with Gasteiger partial charge in [-0.1, -0.05) is 0 Å². The molecule has 0 radical (unpaired) electrons. The van der Waals surface area contributed by atoms with E-state index >= 15 is 0 Å². The first kappa shape index (κ1) is 13.6. The first-order valence-electron chi connectivity index (χ1n) is 5.28. The van der Waals surface area contributed by atoms with Crippen LogP contribution in [0.25, 0.3) is 0 Å². The number of hydrogen-bond donors (Lipinski definition) is 2. The molecule has 0 spiro atoms. The van der Waals surface area contributed by atoms with Gasteiger partial charge in [0, 0.05) is 0 Å². The van der Waals surface area contributed by atoms with E-state index < -0.39 is 13.1 Å². The summed E-state index contributed by atoms with van der Waals surface area (Å²) in [5.41, 5.74) is 5.06. The third-order valence-corrected chi connectivity index (χ3v) is 3.27. The quantitative estimate of drug-likeness (QED) is 0.708. The monoisotopic (exact) mass is 292 g/mol. The Hall–Kier alpha value is -0.860. The van der Waals surface area contributed by atoms with Crippen LogP contribution in [0.2, 0.25) is 0 Å². The summed E-state index contributed by atoms with van der Waals surface area (Å²) in [6.07, 6.45) is 2.47. The topological polar surface area (TPSA) is 112 Å². The van der Waals surface area contributed by atoms with Crippen molar-refractivity contribution in [2.24, 2.45) is 5.73 Å². The number of carbonyl (C=O) groups is 1. The number of ether oxygens (including phenoxy) is 1. The van der Waals surface area contributed by atoms with E-state index in [4.69, 9.17) is 19.9 Å². The second-order valence-corrected chi connectivity index (χ2v) is 5.65. The van der Waals surface area contributed by atoms with Crippen molar-refractivity contribution in [3.63, 3.8) is 0 Å². The molecule has 2 rings (SSSR count). The van der Waals surface area contributed by atoms with Crippen LogP contribution >= 0.6 is 7.15 Å². The summed E-state index contributed by atoms with van der Waals surface area (Å²) in [7, 11) is -2.10. The summed E-state index contributed by atoms with van der Waals surface area (Å²) < 4.78 is 12.1. The lowest BCUT2D eigenvalue weighted by atomic mass is 10.2. The Morgan fingerprint density at radius 3 is 3.17 bits per heavy atom. The lowest BCUT2D eigenvalue weighted by Crippen LogP contribution is -2.17. The van der Waals surface area contributed by atoms with Gasteiger partial charge in [0.05, 0.1) is 12.7 Å². The second kappa shape index (κ2) is 5.85. The molecule has 1 saturated heterocycles. The molecule has 1 unspecified atom stereocenters. The van der Waals surface area contributed by atoms with Crippen molar-refractivity contribution in [1.29, 1.82) is 0 Å². The molecule has 0 aromatic carbocycles. The number of nitrogens with zero attached hydrogens (tertiary/aromatic N) is 3. The molecule has 1 aliphatic heterocycles. The van der Waals surface area contributed by atoms with Gasteiger partial charge in [-0.05, 0) is 24.6 Å². The maximum atomic E-state index is 10.9. The Labute approximate surface area is 109 Å². The minimum absolute atomic E-state index is 0.0373. The predicted molar refractivity (Wildman–Crippen MR) is 65.5 cm³/mol. The third kappa shape index (κ3) is 3.33. The molecule has 1 aromatic rings. The Morgan fingerprint density at radius 2 is 2.56 bits per heavy atom. The first-order valence-corrected chi connectivity index (χ1v) is 7.77. The molecule has 18 heavy (non-hydrogen) atoms. The molecule has 0 bridgehead atoms. The molecule has 1 aliphatic rings. The number of nitrogens with two attached hydrogens (primary N) is 1. The van der Waals surface area contributed by atoms with Crippen LogP contribution in [0.15, 0.2) is 6.33 Å². The van der Waals surface area contributed by atoms with Crippen molar-refractivity contribution < 1.29 is 18.9 Å². The Morgan fingerprint density at radius 1 is 1.78 bits per heavy atom. The van der Waals surface area contributed by atoms with E-state index in [1.807, 2.05) is 0 Å². The van der Waals surface area contributed by atoms with Gasteiger partial charge >= 0.3 is 0 Å². The molecule has 3 N–H and O–H groups in total. The van der Waals surface area contributed by atoms with Crippen molar-refractivity contribution in [1.82, 2.24) is 14.8 Å². The van der Waals surface area contributed by atoms with Gasteiger partial charge in [-0.25, -0.2) is 9.67 Å². The van der Waals surface area contributed by atoms with E-state index in [9.17, 15) is 4.79 Å². The van der Waals surface area contributed by atoms with Gasteiger partial charge in [-0.2, -0.15) is 0 Å². The molecule has 10 heteroatoms. The van der Waals surface area contributed by atoms with E-state index in [1.54, 1.807) is 0 Å². The Kier molecular flexibility index (Phi) is 4.41. The van der Waals surface area contributed by atoms with Crippen LogP contribution in [0.4, 0.5) is 0 Å². The van der Waals surface area contributed by atoms with Crippen molar-refractivity contribution in [3.05, 3.63) is 12.2 Å². The largest absolute Gasteiger partial charge is 0.363 e. The van der Waals surface area contributed by atoms with Crippen LogP contribution in [-0.2, 0) is 21.1 Å². The minimum Gasteiger partial charge on any atom is -0.363 e. The fourth-order valence-corrected chi connectivity index (χ4v) is 2.23. The Bertz CT molecular complexity index is 468. The van der Waals surface area contributed by atoms with E-state index in [0.717, 1.165) is 12.8 Å². The van der Waals surface area contributed by atoms with Gasteiger partial charge in [0.1, 0.15) is 6.33 Å². The van der Waals surface area contributed by atoms with Crippen LogP contribution in [0.3, 0.4) is 0 Å². The average molecular weight is 292 g/mol. The zero-order valence-corrected chi connectivity index (χ0v) is 11.2. The van der Waals surface area contributed by atoms with Crippen molar-refractivity contribution in [2.45, 2.75) is 25.2 Å². The fraction of sp³-hybridized carbons (Fsp3) is 0.625. The highest BCUT2D eigenvalue weighted by atomic mass is 32.4. The summed E-state index contributed by atoms with van der Waals surface area (Å²) in [5.74, 6) is -0.713. The summed E-state index contributed by atoms with van der Waals surface area (Å²) in [4.78, 5) is 23.6. The zero-order chi connectivity index (χ0) is 13.1. The first-order chi connectivity index (χ1) is 8.56. The van der Waals surface area contributed by atoms with Gasteiger partial charge in [0.25, 0.3) is 5.91 Å². The van der Waals surface area contributed by atoms with Gasteiger partial charge in [0.15, 0.2) is 13.4 Å². The lowest BCUT2D eigenvalue weighted by Gasteiger charge is -2.13. The van der Waals surface area contributed by atoms with Crippen molar-refractivity contribution in [3.8, 4) is 0 Å². The molecule has 8 nitrogen and oxygen atoms in total. The van der Waals surface area contributed by atoms with Gasteiger partial charge in [-0.15, -0.1) is 5.10 Å². The molecule has 2 heterocycles. The van der Waals surface area contributed by atoms with E-state index in [0.29, 0.717) is 0 Å². The summed E-state index contributed by atoms with van der Waals surface area (Å²) >= 11 is 4.57. The van der Waals surface area contributed by atoms with E-state index in [-0.39, 0.29) is 24.8 Å². The van der Waals surface area contributed by atoms with Crippen molar-refractivity contribution in [2.75, 3.05) is 6.61 Å². The maximum absolute atomic E-state index is 10.9. The fourth-order valence-electron chi connectivity index (χ4n) is 1.69. The summed E-state index contributed by atoms with van der Waals surface area (Å²) in [6.45, 7) is 0.266. The van der Waals surface area contributed by atoms with E-state index in [1.165, 1.54) is 11.0 Å². The molecular formula is C8H13N4O4PS. The Balaban J connectivity index is 1.91.